The van der Waals surface area contributed by atoms with Gasteiger partial charge in [0, 0.05) is 11.6 Å². The Balaban J connectivity index is 2.69. The highest BCUT2D eigenvalue weighted by Gasteiger charge is 2.09. The summed E-state index contributed by atoms with van der Waals surface area (Å²) in [5.74, 6) is 0.529. The van der Waals surface area contributed by atoms with Crippen molar-refractivity contribution >= 4 is 11.6 Å². The summed E-state index contributed by atoms with van der Waals surface area (Å²) >= 11 is 0. The van der Waals surface area contributed by atoms with Crippen LogP contribution in [0.15, 0.2) is 18.2 Å². The van der Waals surface area contributed by atoms with Crippen molar-refractivity contribution in [3.05, 3.63) is 23.8 Å². The van der Waals surface area contributed by atoms with Crippen molar-refractivity contribution in [2.24, 2.45) is 0 Å². The molecule has 1 aromatic rings. The first-order chi connectivity index (χ1) is 8.54. The van der Waals surface area contributed by atoms with E-state index in [1.54, 1.807) is 18.2 Å². The Morgan fingerprint density at radius 2 is 2.17 bits per heavy atom. The van der Waals surface area contributed by atoms with Gasteiger partial charge in [0.05, 0.1) is 12.3 Å². The van der Waals surface area contributed by atoms with Crippen LogP contribution in [0.3, 0.4) is 0 Å². The Kier molecular flexibility index (Phi) is 5.49. The smallest absolute Gasteiger partial charge is 0.251 e. The minimum Gasteiger partial charge on any atom is -0.491 e. The molecule has 1 aromatic carbocycles. The van der Waals surface area contributed by atoms with E-state index < -0.39 is 0 Å². The number of rotatable bonds is 6. The van der Waals surface area contributed by atoms with E-state index >= 15 is 0 Å². The van der Waals surface area contributed by atoms with Crippen LogP contribution in [0.4, 0.5) is 5.69 Å². The number of hydrogen-bond donors (Lipinski definition) is 2. The highest BCUT2D eigenvalue weighted by atomic mass is 16.5. The summed E-state index contributed by atoms with van der Waals surface area (Å²) in [6.45, 7) is 6.59. The maximum atomic E-state index is 11.8. The molecule has 4 heteroatoms. The molecule has 0 atom stereocenters. The molecule has 0 spiro atoms. The fourth-order valence-corrected chi connectivity index (χ4v) is 1.49. The summed E-state index contributed by atoms with van der Waals surface area (Å²) in [4.78, 5) is 11.8. The van der Waals surface area contributed by atoms with E-state index in [-0.39, 0.29) is 11.9 Å². The molecule has 0 aromatic heterocycles. The topological polar surface area (TPSA) is 64.3 Å². The van der Waals surface area contributed by atoms with E-state index in [0.717, 1.165) is 12.8 Å². The average molecular weight is 250 g/mol. The molecule has 0 bridgehead atoms. The number of hydrogen-bond acceptors (Lipinski definition) is 3. The molecule has 0 radical (unpaired) electrons. The van der Waals surface area contributed by atoms with Gasteiger partial charge in [0.1, 0.15) is 5.75 Å². The molecule has 0 heterocycles. The van der Waals surface area contributed by atoms with Crippen molar-refractivity contribution in [3.63, 3.8) is 0 Å². The Morgan fingerprint density at radius 1 is 1.44 bits per heavy atom. The number of ether oxygens (including phenoxy) is 1. The molecule has 0 aliphatic heterocycles. The number of carbonyl (C=O) groups excluding carboxylic acids is 1. The molecule has 0 fully saturated rings. The van der Waals surface area contributed by atoms with Gasteiger partial charge in [-0.15, -0.1) is 0 Å². The van der Waals surface area contributed by atoms with Gasteiger partial charge in [0.2, 0.25) is 0 Å². The number of benzene rings is 1. The van der Waals surface area contributed by atoms with Crippen LogP contribution < -0.4 is 15.8 Å². The number of anilines is 1. The van der Waals surface area contributed by atoms with Crippen LogP contribution in [-0.2, 0) is 0 Å². The fraction of sp³-hybridized carbons (Fsp3) is 0.500. The third-order valence-corrected chi connectivity index (χ3v) is 2.45. The lowest BCUT2D eigenvalue weighted by Gasteiger charge is -2.11. The van der Waals surface area contributed by atoms with E-state index in [1.165, 1.54) is 0 Å². The van der Waals surface area contributed by atoms with E-state index in [4.69, 9.17) is 10.5 Å². The molecule has 0 aliphatic rings. The predicted octanol–water partition coefficient (Wildman–Crippen LogP) is 2.59. The third kappa shape index (κ3) is 4.28. The molecule has 4 nitrogen and oxygen atoms in total. The summed E-state index contributed by atoms with van der Waals surface area (Å²) in [6, 6.07) is 5.24. The first-order valence-electron chi connectivity index (χ1n) is 6.37. The Hall–Kier alpha value is -1.71. The lowest BCUT2D eigenvalue weighted by Crippen LogP contribution is -2.30. The number of nitrogen functional groups attached to an aromatic ring is 1. The Labute approximate surface area is 109 Å². The number of nitrogens with one attached hydrogen (secondary N) is 1. The van der Waals surface area contributed by atoms with Gasteiger partial charge in [-0.25, -0.2) is 0 Å². The lowest BCUT2D eigenvalue weighted by atomic mass is 10.1. The maximum absolute atomic E-state index is 11.8. The molecule has 18 heavy (non-hydrogen) atoms. The highest BCUT2D eigenvalue weighted by molar-refractivity contribution is 5.95. The van der Waals surface area contributed by atoms with Crippen LogP contribution in [-0.4, -0.2) is 18.6 Å². The maximum Gasteiger partial charge on any atom is 0.251 e. The van der Waals surface area contributed by atoms with Crippen molar-refractivity contribution in [2.45, 2.75) is 39.7 Å². The standard InChI is InChI=1S/C14H22N2O2/c1-4-5-8-18-13-7-6-11(9-12(13)15)14(17)16-10(2)3/h6-7,9-10H,4-5,8,15H2,1-3H3,(H,16,17). The van der Waals surface area contributed by atoms with Crippen molar-refractivity contribution < 1.29 is 9.53 Å². The molecule has 1 rings (SSSR count). The number of carbonyl (C=O) groups is 1. The third-order valence-electron chi connectivity index (χ3n) is 2.45. The second-order valence-corrected chi connectivity index (χ2v) is 4.58. The second kappa shape index (κ2) is 6.89. The molecular weight excluding hydrogens is 228 g/mol. The summed E-state index contributed by atoms with van der Waals surface area (Å²) in [5, 5.41) is 2.82. The summed E-state index contributed by atoms with van der Waals surface area (Å²) < 4.78 is 5.54. The molecule has 1 amide bonds. The normalized spacial score (nSPS) is 10.4. The van der Waals surface area contributed by atoms with E-state index in [2.05, 4.69) is 12.2 Å². The van der Waals surface area contributed by atoms with Gasteiger partial charge >= 0.3 is 0 Å². The van der Waals surface area contributed by atoms with Crippen LogP contribution in [0.1, 0.15) is 44.0 Å². The van der Waals surface area contributed by atoms with Crippen molar-refractivity contribution in [3.8, 4) is 5.75 Å². The first-order valence-corrected chi connectivity index (χ1v) is 6.37. The summed E-state index contributed by atoms with van der Waals surface area (Å²) in [7, 11) is 0. The quantitative estimate of drug-likeness (QED) is 0.602. The SMILES string of the molecule is CCCCOc1ccc(C(=O)NC(C)C)cc1N. The van der Waals surface area contributed by atoms with Crippen LogP contribution in [0.2, 0.25) is 0 Å². The van der Waals surface area contributed by atoms with Gasteiger partial charge in [-0.3, -0.25) is 4.79 Å². The fourth-order valence-electron chi connectivity index (χ4n) is 1.49. The van der Waals surface area contributed by atoms with Crippen LogP contribution >= 0.6 is 0 Å². The molecule has 3 N–H and O–H groups in total. The zero-order valence-corrected chi connectivity index (χ0v) is 11.3. The van der Waals surface area contributed by atoms with Gasteiger partial charge in [0.25, 0.3) is 5.91 Å². The van der Waals surface area contributed by atoms with Gasteiger partial charge < -0.3 is 15.8 Å². The van der Waals surface area contributed by atoms with Gasteiger partial charge in [-0.2, -0.15) is 0 Å². The first kappa shape index (κ1) is 14.4. The van der Waals surface area contributed by atoms with E-state index in [1.807, 2.05) is 13.8 Å². The molecule has 100 valence electrons. The van der Waals surface area contributed by atoms with E-state index in [0.29, 0.717) is 23.6 Å². The highest BCUT2D eigenvalue weighted by Crippen LogP contribution is 2.22. The molecule has 0 unspecified atom stereocenters. The summed E-state index contributed by atoms with van der Waals surface area (Å²) in [6.07, 6.45) is 2.07. The zero-order valence-electron chi connectivity index (χ0n) is 11.3. The molecule has 0 saturated heterocycles. The number of nitrogens with two attached hydrogens (primary N) is 1. The number of amides is 1. The molecular formula is C14H22N2O2. The predicted molar refractivity (Wildman–Crippen MR) is 73.9 cm³/mol. The van der Waals surface area contributed by atoms with Gasteiger partial charge in [-0.1, -0.05) is 13.3 Å². The monoisotopic (exact) mass is 250 g/mol. The van der Waals surface area contributed by atoms with E-state index in [9.17, 15) is 4.79 Å². The zero-order chi connectivity index (χ0) is 13.5. The molecule has 0 saturated carbocycles. The average Bonchev–Trinajstić information content (AvgIpc) is 2.30. The minimum absolute atomic E-state index is 0.110. The second-order valence-electron chi connectivity index (χ2n) is 4.58. The lowest BCUT2D eigenvalue weighted by molar-refractivity contribution is 0.0943. The van der Waals surface area contributed by atoms with Crippen LogP contribution in [0, 0.1) is 0 Å². The van der Waals surface area contributed by atoms with Crippen LogP contribution in [0.5, 0.6) is 5.75 Å². The van der Waals surface area contributed by atoms with Crippen molar-refractivity contribution in [2.75, 3.05) is 12.3 Å². The van der Waals surface area contributed by atoms with Crippen molar-refractivity contribution in [1.82, 2.24) is 5.32 Å². The van der Waals surface area contributed by atoms with Gasteiger partial charge in [-0.05, 0) is 38.5 Å². The molecule has 0 aliphatic carbocycles. The largest absolute Gasteiger partial charge is 0.491 e. The summed E-state index contributed by atoms with van der Waals surface area (Å²) in [5.41, 5.74) is 6.93. The van der Waals surface area contributed by atoms with Crippen LogP contribution in [0.25, 0.3) is 0 Å². The minimum atomic E-state index is -0.114. The Morgan fingerprint density at radius 3 is 2.72 bits per heavy atom. The number of unbranched alkanes of at least 4 members (excludes halogenated alkanes) is 1. The van der Waals surface area contributed by atoms with Gasteiger partial charge in [0.15, 0.2) is 0 Å². The Bertz CT molecular complexity index is 403. The van der Waals surface area contributed by atoms with Crippen molar-refractivity contribution in [1.29, 1.82) is 0 Å².